The van der Waals surface area contributed by atoms with Gasteiger partial charge in [0.2, 0.25) is 0 Å². The molecule has 0 aliphatic carbocycles. The van der Waals surface area contributed by atoms with Crippen molar-refractivity contribution in [2.24, 2.45) is 0 Å². The number of unbranched alkanes of at least 4 members (excludes halogenated alkanes) is 5. The molecule has 0 unspecified atom stereocenters. The van der Waals surface area contributed by atoms with Crippen LogP contribution in [0.1, 0.15) is 83.7 Å². The second-order valence-electron chi connectivity index (χ2n) is 10.4. The molecule has 0 fully saturated rings. The Hall–Kier alpha value is -4.59. The van der Waals surface area contributed by atoms with Gasteiger partial charge in [0.05, 0.1) is 31.5 Å². The van der Waals surface area contributed by atoms with Gasteiger partial charge in [-0.2, -0.15) is 0 Å². The Morgan fingerprint density at radius 2 is 1.39 bits per heavy atom. The third-order valence-corrected chi connectivity index (χ3v) is 6.92. The summed E-state index contributed by atoms with van der Waals surface area (Å²) in [6, 6.07) is 17.2. The van der Waals surface area contributed by atoms with Crippen molar-refractivity contribution in [2.45, 2.75) is 65.2 Å². The van der Waals surface area contributed by atoms with Crippen LogP contribution in [-0.4, -0.2) is 38.2 Å². The van der Waals surface area contributed by atoms with Gasteiger partial charge in [-0.25, -0.2) is 14.4 Å². The molecule has 0 saturated carbocycles. The Balaban J connectivity index is 1.51. The third-order valence-electron chi connectivity index (χ3n) is 6.92. The van der Waals surface area contributed by atoms with Gasteiger partial charge in [-0.3, -0.25) is 0 Å². The highest BCUT2D eigenvalue weighted by Crippen LogP contribution is 2.29. The van der Waals surface area contributed by atoms with Crippen molar-refractivity contribution in [3.63, 3.8) is 0 Å². The summed E-state index contributed by atoms with van der Waals surface area (Å²) in [4.78, 5) is 36.7. The maximum atomic E-state index is 12.9. The molecule has 0 spiro atoms. The summed E-state index contributed by atoms with van der Waals surface area (Å²) in [5.74, 6) is 0.137. The molecule has 0 aliphatic rings. The summed E-state index contributed by atoms with van der Waals surface area (Å²) < 4.78 is 27.3. The van der Waals surface area contributed by atoms with E-state index in [0.29, 0.717) is 53.6 Å². The smallest absolute Gasteiger partial charge is 0.343 e. The lowest BCUT2D eigenvalue weighted by molar-refractivity contribution is -0.137. The van der Waals surface area contributed by atoms with Crippen LogP contribution in [0.4, 0.5) is 0 Å². The minimum Gasteiger partial charge on any atom is -0.493 e. The number of ether oxygens (including phenoxy) is 5. The zero-order chi connectivity index (χ0) is 31.7. The van der Waals surface area contributed by atoms with Crippen LogP contribution >= 0.6 is 0 Å². The molecule has 8 nitrogen and oxygen atoms in total. The zero-order valence-corrected chi connectivity index (χ0v) is 25.9. The Morgan fingerprint density at radius 1 is 0.727 bits per heavy atom. The third kappa shape index (κ3) is 10.9. The van der Waals surface area contributed by atoms with Crippen LogP contribution in [0, 0.1) is 6.92 Å². The quantitative estimate of drug-likeness (QED) is 0.0629. The Bertz CT molecular complexity index is 1390. The lowest BCUT2D eigenvalue weighted by Gasteiger charge is -2.13. The average molecular weight is 603 g/mol. The van der Waals surface area contributed by atoms with E-state index in [1.165, 1.54) is 38.4 Å². The van der Waals surface area contributed by atoms with Gasteiger partial charge in [0.15, 0.2) is 11.5 Å². The van der Waals surface area contributed by atoms with Gasteiger partial charge >= 0.3 is 17.9 Å². The Kier molecular flexibility index (Phi) is 14.0. The maximum absolute atomic E-state index is 12.9. The SMILES string of the molecule is C=CC(=O)OCCCCOc1ccc(C(=O)Oc2ccc(C(=O)Oc3ccc(CCCCCCC)cc3)cc2C)cc1OC. The lowest BCUT2D eigenvalue weighted by Crippen LogP contribution is -2.12. The molecule has 0 amide bonds. The monoisotopic (exact) mass is 602 g/mol. The standard InChI is InChI=1S/C36H42O8/c1-5-7-8-9-10-13-27-14-18-30(19-15-27)43-35(38)28-16-20-31(26(3)24-28)44-36(39)29-17-21-32(33(25-29)40-4)41-22-11-12-23-42-34(37)6-2/h6,14-21,24-25H,2,5,7-13,22-23H2,1,3-4H3. The number of methoxy groups -OCH3 is 1. The molecular formula is C36H42O8. The van der Waals surface area contributed by atoms with Crippen LogP contribution < -0.4 is 18.9 Å². The molecule has 44 heavy (non-hydrogen) atoms. The van der Waals surface area contributed by atoms with E-state index in [-0.39, 0.29) is 12.2 Å². The van der Waals surface area contributed by atoms with Gasteiger partial charge in [-0.1, -0.05) is 51.3 Å². The zero-order valence-electron chi connectivity index (χ0n) is 25.9. The fourth-order valence-corrected chi connectivity index (χ4v) is 4.40. The van der Waals surface area contributed by atoms with Crippen LogP contribution in [0.25, 0.3) is 0 Å². The normalized spacial score (nSPS) is 10.5. The Labute approximate surface area is 259 Å². The van der Waals surface area contributed by atoms with E-state index in [1.807, 2.05) is 24.3 Å². The van der Waals surface area contributed by atoms with E-state index in [0.717, 1.165) is 18.9 Å². The summed E-state index contributed by atoms with van der Waals surface area (Å²) in [5.41, 5.74) is 2.46. The molecule has 0 saturated heterocycles. The van der Waals surface area contributed by atoms with Crippen molar-refractivity contribution >= 4 is 17.9 Å². The molecule has 0 bridgehead atoms. The van der Waals surface area contributed by atoms with Gasteiger partial charge in [-0.05, 0) is 92.3 Å². The first kappa shape index (κ1) is 33.9. The molecule has 3 aromatic rings. The number of esters is 3. The molecule has 3 rings (SSSR count). The second-order valence-corrected chi connectivity index (χ2v) is 10.4. The van der Waals surface area contributed by atoms with E-state index >= 15 is 0 Å². The molecule has 0 atom stereocenters. The summed E-state index contributed by atoms with van der Waals surface area (Å²) in [7, 11) is 1.48. The molecule has 234 valence electrons. The van der Waals surface area contributed by atoms with Crippen LogP contribution in [0.5, 0.6) is 23.0 Å². The fraction of sp³-hybridized carbons (Fsp3) is 0.361. The number of rotatable bonds is 18. The number of benzene rings is 3. The van der Waals surface area contributed by atoms with Crippen LogP contribution in [0.15, 0.2) is 73.3 Å². The fourth-order valence-electron chi connectivity index (χ4n) is 4.40. The molecular weight excluding hydrogens is 560 g/mol. The highest BCUT2D eigenvalue weighted by Gasteiger charge is 2.16. The summed E-state index contributed by atoms with van der Waals surface area (Å²) in [6.07, 6.45) is 9.59. The molecule has 0 aliphatic heterocycles. The van der Waals surface area contributed by atoms with Crippen molar-refractivity contribution in [3.05, 3.63) is 95.6 Å². The van der Waals surface area contributed by atoms with E-state index in [1.54, 1.807) is 43.3 Å². The van der Waals surface area contributed by atoms with Crippen molar-refractivity contribution in [1.82, 2.24) is 0 Å². The molecule has 0 N–H and O–H groups in total. The number of carbonyl (C=O) groups is 3. The maximum Gasteiger partial charge on any atom is 0.343 e. The highest BCUT2D eigenvalue weighted by atomic mass is 16.5. The van der Waals surface area contributed by atoms with Gasteiger partial charge in [0.1, 0.15) is 11.5 Å². The van der Waals surface area contributed by atoms with Gasteiger partial charge in [0, 0.05) is 6.08 Å². The number of hydrogen-bond donors (Lipinski definition) is 0. The van der Waals surface area contributed by atoms with Crippen molar-refractivity contribution in [1.29, 1.82) is 0 Å². The molecule has 0 heterocycles. The first-order chi connectivity index (χ1) is 21.3. The first-order valence-electron chi connectivity index (χ1n) is 15.1. The van der Waals surface area contributed by atoms with E-state index in [9.17, 15) is 14.4 Å². The molecule has 0 radical (unpaired) electrons. The lowest BCUT2D eigenvalue weighted by atomic mass is 10.1. The number of aryl methyl sites for hydroxylation is 2. The molecule has 3 aromatic carbocycles. The minimum atomic E-state index is -0.581. The number of hydrogen-bond acceptors (Lipinski definition) is 8. The van der Waals surface area contributed by atoms with Crippen molar-refractivity contribution in [3.8, 4) is 23.0 Å². The van der Waals surface area contributed by atoms with E-state index < -0.39 is 17.9 Å². The Morgan fingerprint density at radius 3 is 2.07 bits per heavy atom. The predicted octanol–water partition coefficient (Wildman–Crippen LogP) is 7.84. The molecule has 0 aromatic heterocycles. The largest absolute Gasteiger partial charge is 0.493 e. The summed E-state index contributed by atoms with van der Waals surface area (Å²) in [6.45, 7) is 7.98. The van der Waals surface area contributed by atoms with Gasteiger partial charge in [-0.15, -0.1) is 0 Å². The first-order valence-corrected chi connectivity index (χ1v) is 15.1. The average Bonchev–Trinajstić information content (AvgIpc) is 3.04. The molecule has 8 heteroatoms. The predicted molar refractivity (Wildman–Crippen MR) is 169 cm³/mol. The highest BCUT2D eigenvalue weighted by molar-refractivity contribution is 5.93. The minimum absolute atomic E-state index is 0.276. The van der Waals surface area contributed by atoms with E-state index in [4.69, 9.17) is 23.7 Å². The van der Waals surface area contributed by atoms with Crippen molar-refractivity contribution < 1.29 is 38.1 Å². The van der Waals surface area contributed by atoms with Gasteiger partial charge in [0.25, 0.3) is 0 Å². The van der Waals surface area contributed by atoms with Crippen molar-refractivity contribution in [2.75, 3.05) is 20.3 Å². The van der Waals surface area contributed by atoms with Crippen LogP contribution in [-0.2, 0) is 16.0 Å². The topological polar surface area (TPSA) is 97.4 Å². The number of carbonyl (C=O) groups excluding carboxylic acids is 3. The second kappa shape index (κ2) is 18.2. The van der Waals surface area contributed by atoms with E-state index in [2.05, 4.69) is 13.5 Å². The summed E-state index contributed by atoms with van der Waals surface area (Å²) >= 11 is 0. The summed E-state index contributed by atoms with van der Waals surface area (Å²) in [5, 5.41) is 0. The van der Waals surface area contributed by atoms with Crippen LogP contribution in [0.2, 0.25) is 0 Å². The van der Waals surface area contributed by atoms with Crippen LogP contribution in [0.3, 0.4) is 0 Å². The van der Waals surface area contributed by atoms with Gasteiger partial charge < -0.3 is 23.7 Å².